The quantitative estimate of drug-likeness (QED) is 0.196. The average Bonchev–Trinajstić information content (AvgIpc) is 3.24. The molecule has 7 nitrogen and oxygen atoms in total. The van der Waals surface area contributed by atoms with E-state index in [1.807, 2.05) is 55.9 Å². The molecule has 9 heteroatoms. The monoisotopic (exact) mass is 592 g/mol. The number of hydrogen-bond acceptors (Lipinski definition) is 7. The molecule has 4 aromatic rings. The Morgan fingerprint density at radius 1 is 1.07 bits per heavy atom. The van der Waals surface area contributed by atoms with E-state index >= 15 is 0 Å². The summed E-state index contributed by atoms with van der Waals surface area (Å²) in [5.41, 5.74) is 4.89. The highest BCUT2D eigenvalue weighted by Crippen LogP contribution is 2.48. The Kier molecular flexibility index (Phi) is 8.34. The third kappa shape index (κ3) is 5.95. The van der Waals surface area contributed by atoms with Crippen LogP contribution in [-0.2, 0) is 40.3 Å². The van der Waals surface area contributed by atoms with Crippen molar-refractivity contribution in [3.05, 3.63) is 87.8 Å². The van der Waals surface area contributed by atoms with Crippen molar-refractivity contribution >= 4 is 46.2 Å². The Bertz CT molecular complexity index is 1600. The van der Waals surface area contributed by atoms with Gasteiger partial charge in [-0.25, -0.2) is 4.79 Å². The van der Waals surface area contributed by atoms with E-state index in [0.717, 1.165) is 34.5 Å². The summed E-state index contributed by atoms with van der Waals surface area (Å²) in [5, 5.41) is 2.18. The van der Waals surface area contributed by atoms with Crippen LogP contribution in [0.25, 0.3) is 10.9 Å². The predicted molar refractivity (Wildman–Crippen MR) is 161 cm³/mol. The molecule has 3 heterocycles. The van der Waals surface area contributed by atoms with Crippen molar-refractivity contribution < 1.29 is 23.8 Å². The molecule has 2 aromatic heterocycles. The number of esters is 2. The molecule has 1 unspecified atom stereocenters. The van der Waals surface area contributed by atoms with E-state index in [-0.39, 0.29) is 12.6 Å². The van der Waals surface area contributed by atoms with Crippen LogP contribution in [0, 0.1) is 5.41 Å². The number of carbonyl (C=O) groups is 2. The van der Waals surface area contributed by atoms with Crippen LogP contribution in [0.1, 0.15) is 53.6 Å². The number of pyridine rings is 1. The van der Waals surface area contributed by atoms with Crippen LogP contribution in [0.4, 0.5) is 0 Å². The van der Waals surface area contributed by atoms with Gasteiger partial charge in [0, 0.05) is 51.0 Å². The zero-order chi connectivity index (χ0) is 29.3. The molecule has 5 rings (SSSR count). The number of benzene rings is 2. The van der Waals surface area contributed by atoms with Gasteiger partial charge in [-0.3, -0.25) is 9.78 Å². The highest BCUT2D eigenvalue weighted by Gasteiger charge is 2.35. The van der Waals surface area contributed by atoms with Crippen LogP contribution >= 0.6 is 23.4 Å². The van der Waals surface area contributed by atoms with E-state index in [9.17, 15) is 9.59 Å². The second-order valence-electron chi connectivity index (χ2n) is 10.9. The van der Waals surface area contributed by atoms with Crippen molar-refractivity contribution in [3.8, 4) is 5.75 Å². The van der Waals surface area contributed by atoms with E-state index in [2.05, 4.69) is 22.5 Å². The molecule has 0 bridgehead atoms. The van der Waals surface area contributed by atoms with Crippen molar-refractivity contribution in [2.75, 3.05) is 14.2 Å². The average molecular weight is 593 g/mol. The van der Waals surface area contributed by atoms with Crippen molar-refractivity contribution in [1.29, 1.82) is 0 Å². The number of hydrogen-bond donors (Lipinski definition) is 0. The second kappa shape index (κ2) is 11.8. The number of carbonyl (C=O) groups excluding carboxylic acids is 2. The molecular weight excluding hydrogens is 560 g/mol. The van der Waals surface area contributed by atoms with Gasteiger partial charge in [0.25, 0.3) is 0 Å². The van der Waals surface area contributed by atoms with Gasteiger partial charge in [-0.1, -0.05) is 30.7 Å². The maximum absolute atomic E-state index is 12.8. The van der Waals surface area contributed by atoms with Gasteiger partial charge in [0.2, 0.25) is 0 Å². The number of ether oxygens (including phenoxy) is 3. The van der Waals surface area contributed by atoms with Gasteiger partial charge in [-0.05, 0) is 62.2 Å². The molecule has 1 atom stereocenters. The zero-order valence-corrected chi connectivity index (χ0v) is 25.4. The number of halogens is 1. The van der Waals surface area contributed by atoms with Crippen LogP contribution in [0.5, 0.6) is 5.75 Å². The number of rotatable bonds is 9. The van der Waals surface area contributed by atoms with Crippen LogP contribution in [0.3, 0.4) is 0 Å². The largest absolute Gasteiger partial charge is 0.487 e. The SMILES string of the molecule is COC(=O)c1ccc(COc2ccc3c4c2CC(C)Sc4c(CC(C)(C)C(=O)OC)n3Cc2ccc(Cl)cc2)nc1. The van der Waals surface area contributed by atoms with Gasteiger partial charge in [0.1, 0.15) is 12.4 Å². The number of aromatic nitrogens is 2. The first-order chi connectivity index (χ1) is 19.6. The number of nitrogens with zero attached hydrogens (tertiary/aromatic N) is 2. The van der Waals surface area contributed by atoms with E-state index in [1.54, 1.807) is 12.1 Å². The van der Waals surface area contributed by atoms with Crippen molar-refractivity contribution in [1.82, 2.24) is 9.55 Å². The minimum atomic E-state index is -0.708. The highest BCUT2D eigenvalue weighted by atomic mass is 35.5. The summed E-state index contributed by atoms with van der Waals surface area (Å²) >= 11 is 8.02. The lowest BCUT2D eigenvalue weighted by molar-refractivity contribution is -0.150. The first kappa shape index (κ1) is 29.0. The van der Waals surface area contributed by atoms with Gasteiger partial charge in [-0.15, -0.1) is 11.8 Å². The first-order valence-corrected chi connectivity index (χ1v) is 14.7. The summed E-state index contributed by atoms with van der Waals surface area (Å²) < 4.78 is 18.6. The molecule has 214 valence electrons. The fourth-order valence-corrected chi connectivity index (χ4v) is 6.74. The normalized spacial score (nSPS) is 14.6. The molecule has 0 N–H and O–H groups in total. The molecular formula is C32H33ClN2O5S. The van der Waals surface area contributed by atoms with E-state index in [4.69, 9.17) is 25.8 Å². The van der Waals surface area contributed by atoms with Gasteiger partial charge in [0.15, 0.2) is 0 Å². The minimum Gasteiger partial charge on any atom is -0.487 e. The molecule has 41 heavy (non-hydrogen) atoms. The molecule has 0 saturated heterocycles. The van der Waals surface area contributed by atoms with E-state index in [0.29, 0.717) is 34.5 Å². The van der Waals surface area contributed by atoms with Gasteiger partial charge < -0.3 is 18.8 Å². The molecule has 0 fully saturated rings. The molecule has 1 aliphatic rings. The molecule has 0 spiro atoms. The van der Waals surface area contributed by atoms with E-state index in [1.165, 1.54) is 30.7 Å². The Labute approximate surface area is 249 Å². The standard InChI is InChI=1S/C32H33ClN2O5S/c1-19-14-24-27(40-18-23-11-8-21(16-34-23)30(36)38-4)13-12-25-28(24)29(41-19)26(15-32(2,3)31(37)39-5)35(25)17-20-6-9-22(33)10-7-20/h6-13,16,19H,14-15,17-18H2,1-5H3. The predicted octanol–water partition coefficient (Wildman–Crippen LogP) is 6.88. The van der Waals surface area contributed by atoms with Crippen molar-refractivity contribution in [2.24, 2.45) is 5.41 Å². The Hall–Kier alpha value is -3.49. The van der Waals surface area contributed by atoms with Crippen LogP contribution in [-0.4, -0.2) is 41.0 Å². The first-order valence-electron chi connectivity index (χ1n) is 13.4. The van der Waals surface area contributed by atoms with Gasteiger partial charge >= 0.3 is 11.9 Å². The summed E-state index contributed by atoms with van der Waals surface area (Å²) in [4.78, 5) is 30.1. The van der Waals surface area contributed by atoms with Gasteiger partial charge in [-0.2, -0.15) is 0 Å². The van der Waals surface area contributed by atoms with Gasteiger partial charge in [0.05, 0.1) is 36.4 Å². The van der Waals surface area contributed by atoms with E-state index < -0.39 is 11.4 Å². The van der Waals surface area contributed by atoms with Crippen LogP contribution < -0.4 is 4.74 Å². The third-order valence-electron chi connectivity index (χ3n) is 7.39. The summed E-state index contributed by atoms with van der Waals surface area (Å²) in [7, 11) is 2.78. The summed E-state index contributed by atoms with van der Waals surface area (Å²) in [6.45, 7) is 6.99. The lowest BCUT2D eigenvalue weighted by atomic mass is 9.87. The fraction of sp³-hybridized carbons (Fsp3) is 0.344. The van der Waals surface area contributed by atoms with Crippen molar-refractivity contribution in [3.63, 3.8) is 0 Å². The number of methoxy groups -OCH3 is 2. The lowest BCUT2D eigenvalue weighted by Crippen LogP contribution is -2.29. The minimum absolute atomic E-state index is 0.239. The smallest absolute Gasteiger partial charge is 0.339 e. The molecule has 0 radical (unpaired) electrons. The Morgan fingerprint density at radius 2 is 1.83 bits per heavy atom. The molecule has 0 amide bonds. The Morgan fingerprint density at radius 3 is 2.49 bits per heavy atom. The second-order valence-corrected chi connectivity index (χ2v) is 12.8. The summed E-state index contributed by atoms with van der Waals surface area (Å²) in [5.74, 6) is 0.150. The highest BCUT2D eigenvalue weighted by molar-refractivity contribution is 8.00. The molecule has 2 aromatic carbocycles. The Balaban J connectivity index is 1.57. The maximum atomic E-state index is 12.8. The fourth-order valence-electron chi connectivity index (χ4n) is 5.30. The molecule has 0 aliphatic carbocycles. The van der Waals surface area contributed by atoms with Crippen LogP contribution in [0.15, 0.2) is 59.6 Å². The third-order valence-corrected chi connectivity index (χ3v) is 8.88. The topological polar surface area (TPSA) is 79.6 Å². The van der Waals surface area contributed by atoms with Crippen LogP contribution in [0.2, 0.25) is 5.02 Å². The summed E-state index contributed by atoms with van der Waals surface area (Å²) in [6, 6.07) is 15.5. The lowest BCUT2D eigenvalue weighted by Gasteiger charge is -2.25. The number of thioether (sulfide) groups is 1. The zero-order valence-electron chi connectivity index (χ0n) is 23.8. The summed E-state index contributed by atoms with van der Waals surface area (Å²) in [6.07, 6.45) is 2.88. The maximum Gasteiger partial charge on any atom is 0.339 e. The van der Waals surface area contributed by atoms with Crippen molar-refractivity contribution in [2.45, 2.75) is 56.9 Å². The molecule has 1 aliphatic heterocycles. The molecule has 0 saturated carbocycles.